The van der Waals surface area contributed by atoms with E-state index in [9.17, 15) is 31.5 Å². The highest BCUT2D eigenvalue weighted by molar-refractivity contribution is 7.90. The number of nitrogens with one attached hydrogen (secondary N) is 1. The Morgan fingerprint density at radius 1 is 1.03 bits per heavy atom. The molecule has 202 valence electrons. The van der Waals surface area contributed by atoms with Crippen molar-refractivity contribution in [2.75, 3.05) is 36.8 Å². The number of hydrogen-bond donors (Lipinski definition) is 2. The number of piperazine rings is 1. The molecule has 1 aliphatic heterocycles. The summed E-state index contributed by atoms with van der Waals surface area (Å²) in [6, 6.07) is 12.4. The van der Waals surface area contributed by atoms with Crippen LogP contribution in [0.25, 0.3) is 11.1 Å². The lowest BCUT2D eigenvalue weighted by Gasteiger charge is -2.35. The van der Waals surface area contributed by atoms with Gasteiger partial charge in [0, 0.05) is 44.5 Å². The number of nitrogens with zero attached hydrogens (tertiary/aromatic N) is 5. The van der Waals surface area contributed by atoms with Gasteiger partial charge in [-0.3, -0.25) is 14.7 Å². The Hall–Kier alpha value is -3.78. The molecule has 38 heavy (non-hydrogen) atoms. The third kappa shape index (κ3) is 7.38. The predicted molar refractivity (Wildman–Crippen MR) is 133 cm³/mol. The number of carbonyl (C=O) groups is 1. The topological polar surface area (TPSA) is 129 Å². The van der Waals surface area contributed by atoms with Crippen LogP contribution < -0.4 is 9.62 Å². The second kappa shape index (κ2) is 11.3. The van der Waals surface area contributed by atoms with E-state index < -0.39 is 34.3 Å². The second-order valence-electron chi connectivity index (χ2n) is 8.74. The van der Waals surface area contributed by atoms with Gasteiger partial charge in [0.05, 0.1) is 18.4 Å². The number of anilines is 1. The van der Waals surface area contributed by atoms with Gasteiger partial charge in [-0.05, 0) is 29.3 Å². The highest BCUT2D eigenvalue weighted by Gasteiger charge is 2.31. The third-order valence-corrected chi connectivity index (χ3v) is 7.17. The van der Waals surface area contributed by atoms with Gasteiger partial charge >= 0.3 is 6.18 Å². The molecule has 1 fully saturated rings. The number of benzene rings is 1. The zero-order valence-corrected chi connectivity index (χ0v) is 20.9. The van der Waals surface area contributed by atoms with Crippen LogP contribution >= 0.6 is 0 Å². The van der Waals surface area contributed by atoms with E-state index in [2.05, 4.69) is 20.1 Å². The highest BCUT2D eigenvalue weighted by atomic mass is 32.2. The molecule has 1 aliphatic rings. The van der Waals surface area contributed by atoms with Gasteiger partial charge in [0.25, 0.3) is 5.91 Å². The fourth-order valence-corrected chi connectivity index (χ4v) is 4.99. The normalized spacial score (nSPS) is 14.9. The van der Waals surface area contributed by atoms with Crippen molar-refractivity contribution < 1.29 is 31.5 Å². The largest absolute Gasteiger partial charge is 0.506 e. The highest BCUT2D eigenvalue weighted by Crippen LogP contribution is 2.27. The van der Waals surface area contributed by atoms with E-state index >= 15 is 0 Å². The molecule has 1 aromatic carbocycles. The lowest BCUT2D eigenvalue weighted by Crippen LogP contribution is -2.46. The third-order valence-electron chi connectivity index (χ3n) is 5.93. The quantitative estimate of drug-likeness (QED) is 0.435. The van der Waals surface area contributed by atoms with Crippen LogP contribution in [0.1, 0.15) is 22.5 Å². The van der Waals surface area contributed by atoms with Crippen LogP contribution in [0, 0.1) is 0 Å². The zero-order chi connectivity index (χ0) is 27.3. The molecule has 2 aromatic heterocycles. The van der Waals surface area contributed by atoms with Gasteiger partial charge in [0.15, 0.2) is 11.5 Å². The van der Waals surface area contributed by atoms with E-state index in [0.717, 1.165) is 16.7 Å². The lowest BCUT2D eigenvalue weighted by atomic mass is 10.0. The molecule has 4 rings (SSSR count). The maximum atomic E-state index is 12.3. The standard InChI is InChI=1S/C24H25F3N6O4S/c25-24(26,27)7-12-38(36,37)31-23(35)21-5-6-22(30-29-21)33-10-8-32(9-11-33)16-17-3-1-2-4-20(17)18-13-19(34)15-28-14-18/h1-6,13-15,34H,7-12,16H2,(H,31,35). The summed E-state index contributed by atoms with van der Waals surface area (Å²) >= 11 is 0. The molecule has 0 radical (unpaired) electrons. The number of aromatic hydroxyl groups is 1. The van der Waals surface area contributed by atoms with Gasteiger partial charge in [-0.15, -0.1) is 10.2 Å². The van der Waals surface area contributed by atoms with E-state index in [1.807, 2.05) is 29.2 Å². The summed E-state index contributed by atoms with van der Waals surface area (Å²) in [6.07, 6.45) is -3.13. The zero-order valence-electron chi connectivity index (χ0n) is 20.1. The monoisotopic (exact) mass is 550 g/mol. The number of alkyl halides is 3. The predicted octanol–water partition coefficient (Wildman–Crippen LogP) is 2.58. The maximum Gasteiger partial charge on any atom is 0.390 e. The number of halogens is 3. The number of hydrogen-bond acceptors (Lipinski definition) is 9. The summed E-state index contributed by atoms with van der Waals surface area (Å²) in [7, 11) is -4.47. The molecule has 10 nitrogen and oxygen atoms in total. The van der Waals surface area contributed by atoms with Crippen molar-refractivity contribution in [2.24, 2.45) is 0 Å². The molecule has 0 aliphatic carbocycles. The van der Waals surface area contributed by atoms with Gasteiger partial charge in [0.2, 0.25) is 10.0 Å². The number of aromatic nitrogens is 3. The first kappa shape index (κ1) is 27.3. The molecular weight excluding hydrogens is 525 g/mol. The van der Waals surface area contributed by atoms with Gasteiger partial charge < -0.3 is 10.0 Å². The summed E-state index contributed by atoms with van der Waals surface area (Å²) in [4.78, 5) is 20.4. The number of amides is 1. The fourth-order valence-electron chi connectivity index (χ4n) is 4.00. The van der Waals surface area contributed by atoms with Crippen molar-refractivity contribution in [1.82, 2.24) is 24.8 Å². The van der Waals surface area contributed by atoms with Crippen molar-refractivity contribution >= 4 is 21.7 Å². The van der Waals surface area contributed by atoms with Crippen molar-refractivity contribution in [3.05, 3.63) is 66.1 Å². The molecule has 2 N–H and O–H groups in total. The van der Waals surface area contributed by atoms with Gasteiger partial charge in [-0.25, -0.2) is 13.1 Å². The Morgan fingerprint density at radius 3 is 2.42 bits per heavy atom. The molecule has 14 heteroatoms. The Bertz CT molecular complexity index is 1380. The minimum absolute atomic E-state index is 0.0959. The first-order chi connectivity index (χ1) is 18.0. The molecular formula is C24H25F3N6O4S. The molecule has 0 atom stereocenters. The number of sulfonamides is 1. The van der Waals surface area contributed by atoms with Crippen molar-refractivity contribution in [3.63, 3.8) is 0 Å². The molecule has 1 amide bonds. The Labute approximate surface area is 217 Å². The molecule has 3 aromatic rings. The average Bonchev–Trinajstić information content (AvgIpc) is 2.88. The number of pyridine rings is 1. The van der Waals surface area contributed by atoms with Crippen molar-refractivity contribution in [2.45, 2.75) is 19.1 Å². The first-order valence-electron chi connectivity index (χ1n) is 11.6. The van der Waals surface area contributed by atoms with Gasteiger partial charge in [-0.1, -0.05) is 24.3 Å². The van der Waals surface area contributed by atoms with Crippen LogP contribution in [0.15, 0.2) is 54.9 Å². The summed E-state index contributed by atoms with van der Waals surface area (Å²) < 4.78 is 61.9. The van der Waals surface area contributed by atoms with Gasteiger partial charge in [-0.2, -0.15) is 13.2 Å². The van der Waals surface area contributed by atoms with Crippen LogP contribution in [0.5, 0.6) is 5.75 Å². The molecule has 0 bridgehead atoms. The molecule has 3 heterocycles. The average molecular weight is 551 g/mol. The summed E-state index contributed by atoms with van der Waals surface area (Å²) in [6.45, 7) is 3.37. The Balaban J connectivity index is 1.33. The van der Waals surface area contributed by atoms with Crippen LogP contribution in [-0.4, -0.2) is 77.6 Å². The van der Waals surface area contributed by atoms with Crippen LogP contribution in [0.2, 0.25) is 0 Å². The lowest BCUT2D eigenvalue weighted by molar-refractivity contribution is -0.130. The second-order valence-corrected chi connectivity index (χ2v) is 10.6. The van der Waals surface area contributed by atoms with E-state index in [4.69, 9.17) is 0 Å². The molecule has 0 unspecified atom stereocenters. The smallest absolute Gasteiger partial charge is 0.390 e. The van der Waals surface area contributed by atoms with Gasteiger partial charge in [0.1, 0.15) is 5.75 Å². The minimum Gasteiger partial charge on any atom is -0.506 e. The molecule has 0 saturated carbocycles. The number of carbonyl (C=O) groups excluding carboxylic acids is 1. The van der Waals surface area contributed by atoms with E-state index in [0.29, 0.717) is 38.5 Å². The molecule has 1 saturated heterocycles. The van der Waals surface area contributed by atoms with Crippen LogP contribution in [0.3, 0.4) is 0 Å². The molecule has 0 spiro atoms. The SMILES string of the molecule is O=C(NS(=O)(=O)CCC(F)(F)F)c1ccc(N2CCN(Cc3ccccc3-c3cncc(O)c3)CC2)nn1. The first-order valence-corrected chi connectivity index (χ1v) is 13.3. The Morgan fingerprint density at radius 2 is 1.76 bits per heavy atom. The maximum absolute atomic E-state index is 12.3. The van der Waals surface area contributed by atoms with Crippen LogP contribution in [-0.2, 0) is 16.6 Å². The Kier molecular flexibility index (Phi) is 8.11. The minimum atomic E-state index is -4.66. The number of rotatable bonds is 8. The van der Waals surface area contributed by atoms with E-state index in [-0.39, 0.29) is 11.4 Å². The van der Waals surface area contributed by atoms with E-state index in [1.54, 1.807) is 17.0 Å². The fraction of sp³-hybridized carbons (Fsp3) is 0.333. The summed E-state index contributed by atoms with van der Waals surface area (Å²) in [5, 5.41) is 17.6. The van der Waals surface area contributed by atoms with Crippen molar-refractivity contribution in [1.29, 1.82) is 0 Å². The van der Waals surface area contributed by atoms with Crippen LogP contribution in [0.4, 0.5) is 19.0 Å². The summed E-state index contributed by atoms with van der Waals surface area (Å²) in [5.41, 5.74) is 2.58. The van der Waals surface area contributed by atoms with Crippen molar-refractivity contribution in [3.8, 4) is 16.9 Å². The summed E-state index contributed by atoms with van der Waals surface area (Å²) in [5.74, 6) is -1.81. The van der Waals surface area contributed by atoms with E-state index in [1.165, 1.54) is 18.3 Å².